The second-order valence-electron chi connectivity index (χ2n) is 5.46. The number of ketones is 1. The van der Waals surface area contributed by atoms with E-state index >= 15 is 0 Å². The summed E-state index contributed by atoms with van der Waals surface area (Å²) in [7, 11) is 0. The lowest BCUT2D eigenvalue weighted by atomic mass is 10.1. The molecule has 23 heavy (non-hydrogen) atoms. The molecule has 132 valence electrons. The van der Waals surface area contributed by atoms with Gasteiger partial charge in [0.05, 0.1) is 13.2 Å². The number of amides is 2. The molecule has 0 aliphatic heterocycles. The van der Waals surface area contributed by atoms with Gasteiger partial charge in [-0.1, -0.05) is 13.8 Å². The molecule has 0 saturated carbocycles. The molecule has 0 aliphatic carbocycles. The largest absolute Gasteiger partial charge is 0.480 e. The molecule has 0 radical (unpaired) electrons. The van der Waals surface area contributed by atoms with Gasteiger partial charge in [0, 0.05) is 32.2 Å². The number of aliphatic carboxylic acids is 1. The number of carboxylic acids is 1. The highest BCUT2D eigenvalue weighted by Crippen LogP contribution is 1.99. The van der Waals surface area contributed by atoms with Crippen LogP contribution in [0.2, 0.25) is 0 Å². The van der Waals surface area contributed by atoms with Gasteiger partial charge < -0.3 is 20.5 Å². The lowest BCUT2D eigenvalue weighted by Crippen LogP contribution is -2.40. The summed E-state index contributed by atoms with van der Waals surface area (Å²) in [5, 5.41) is 13.7. The van der Waals surface area contributed by atoms with Crippen molar-refractivity contribution < 1.29 is 29.0 Å². The lowest BCUT2D eigenvalue weighted by molar-refractivity contribution is -0.141. The van der Waals surface area contributed by atoms with Crippen LogP contribution in [0.5, 0.6) is 0 Å². The molecule has 1 atom stereocenters. The predicted molar refractivity (Wildman–Crippen MR) is 82.8 cm³/mol. The van der Waals surface area contributed by atoms with Crippen molar-refractivity contribution in [3.05, 3.63) is 0 Å². The fraction of sp³-hybridized carbons (Fsp3) is 0.733. The van der Waals surface area contributed by atoms with E-state index < -0.39 is 17.9 Å². The van der Waals surface area contributed by atoms with Gasteiger partial charge in [-0.25, -0.2) is 4.79 Å². The van der Waals surface area contributed by atoms with Crippen LogP contribution in [-0.4, -0.2) is 54.5 Å². The molecule has 8 heteroatoms. The number of nitrogens with one attached hydrogen (secondary N) is 2. The molecule has 0 rings (SSSR count). The Kier molecular flexibility index (Phi) is 10.6. The summed E-state index contributed by atoms with van der Waals surface area (Å²) < 4.78 is 5.23. The molecule has 0 aliphatic rings. The number of Topliss-reactive ketones (excluding diaryl/α,β-unsaturated/α-hetero) is 1. The zero-order chi connectivity index (χ0) is 17.8. The number of rotatable bonds is 12. The third-order valence-electron chi connectivity index (χ3n) is 3.04. The molecule has 0 bridgehead atoms. The van der Waals surface area contributed by atoms with Crippen LogP contribution in [-0.2, 0) is 23.9 Å². The van der Waals surface area contributed by atoms with Gasteiger partial charge in [0.25, 0.3) is 0 Å². The van der Waals surface area contributed by atoms with E-state index in [1.54, 1.807) is 0 Å². The van der Waals surface area contributed by atoms with Crippen molar-refractivity contribution in [2.45, 2.75) is 46.1 Å². The Balaban J connectivity index is 3.76. The van der Waals surface area contributed by atoms with Crippen LogP contribution in [0.4, 0.5) is 0 Å². The van der Waals surface area contributed by atoms with Gasteiger partial charge in [0.2, 0.25) is 11.8 Å². The van der Waals surface area contributed by atoms with Crippen molar-refractivity contribution in [1.82, 2.24) is 10.6 Å². The summed E-state index contributed by atoms with van der Waals surface area (Å²) in [5.74, 6) is -1.83. The molecule has 0 saturated heterocycles. The average molecular weight is 330 g/mol. The van der Waals surface area contributed by atoms with Gasteiger partial charge in [-0.15, -0.1) is 0 Å². The molecule has 2 amide bonds. The lowest BCUT2D eigenvalue weighted by Gasteiger charge is -2.13. The molecule has 0 aromatic rings. The number of carboxylic acid groups (broad SMARTS) is 1. The first-order chi connectivity index (χ1) is 10.7. The SMILES string of the molecule is CC(=O)N[C@@H](CCC(=O)NCCOCCC(=O)C(C)C)C(=O)O. The average Bonchev–Trinajstić information content (AvgIpc) is 2.45. The Morgan fingerprint density at radius 2 is 1.74 bits per heavy atom. The Bertz CT molecular complexity index is 422. The molecule has 8 nitrogen and oxygen atoms in total. The van der Waals surface area contributed by atoms with Crippen LogP contribution >= 0.6 is 0 Å². The van der Waals surface area contributed by atoms with Gasteiger partial charge in [-0.2, -0.15) is 0 Å². The van der Waals surface area contributed by atoms with E-state index in [1.165, 1.54) is 6.92 Å². The first-order valence-electron chi connectivity index (χ1n) is 7.61. The van der Waals surface area contributed by atoms with E-state index in [0.29, 0.717) is 13.0 Å². The summed E-state index contributed by atoms with van der Waals surface area (Å²) in [5.41, 5.74) is 0. The van der Waals surface area contributed by atoms with E-state index in [2.05, 4.69) is 10.6 Å². The number of carbonyl (C=O) groups is 4. The summed E-state index contributed by atoms with van der Waals surface area (Å²) in [6, 6.07) is -1.07. The number of hydrogen-bond acceptors (Lipinski definition) is 5. The van der Waals surface area contributed by atoms with Gasteiger partial charge in [0.1, 0.15) is 11.8 Å². The van der Waals surface area contributed by atoms with Crippen molar-refractivity contribution in [2.75, 3.05) is 19.8 Å². The normalized spacial score (nSPS) is 11.8. The van der Waals surface area contributed by atoms with Crippen molar-refractivity contribution in [3.8, 4) is 0 Å². The fourth-order valence-electron chi connectivity index (χ4n) is 1.69. The summed E-state index contributed by atoms with van der Waals surface area (Å²) in [6.07, 6.45) is 0.357. The maximum atomic E-state index is 11.6. The molecule has 0 unspecified atom stereocenters. The maximum absolute atomic E-state index is 11.6. The minimum absolute atomic E-state index is 0.0101. The number of carbonyl (C=O) groups excluding carboxylic acids is 3. The number of hydrogen-bond donors (Lipinski definition) is 3. The first kappa shape index (κ1) is 21.0. The summed E-state index contributed by atoms with van der Waals surface area (Å²) in [6.45, 7) is 5.76. The van der Waals surface area contributed by atoms with Crippen LogP contribution < -0.4 is 10.6 Å². The third-order valence-corrected chi connectivity index (χ3v) is 3.04. The Labute approximate surface area is 136 Å². The zero-order valence-corrected chi connectivity index (χ0v) is 13.9. The van der Waals surface area contributed by atoms with Gasteiger partial charge >= 0.3 is 5.97 Å². The van der Waals surface area contributed by atoms with E-state index in [-0.39, 0.29) is 43.6 Å². The molecule has 0 spiro atoms. The van der Waals surface area contributed by atoms with Gasteiger partial charge in [-0.3, -0.25) is 14.4 Å². The second kappa shape index (κ2) is 11.6. The smallest absolute Gasteiger partial charge is 0.326 e. The van der Waals surface area contributed by atoms with E-state index in [4.69, 9.17) is 9.84 Å². The van der Waals surface area contributed by atoms with Crippen molar-refractivity contribution >= 4 is 23.6 Å². The number of ether oxygens (including phenoxy) is 1. The standard InChI is InChI=1S/C15H26N2O6/c1-10(2)13(19)6-8-23-9-7-16-14(20)5-4-12(15(21)22)17-11(3)18/h10,12H,4-9H2,1-3H3,(H,16,20)(H,17,18)(H,21,22)/t12-/m0/s1. The minimum Gasteiger partial charge on any atom is -0.480 e. The van der Waals surface area contributed by atoms with Crippen molar-refractivity contribution in [1.29, 1.82) is 0 Å². The minimum atomic E-state index is -1.17. The molecule has 3 N–H and O–H groups in total. The van der Waals surface area contributed by atoms with Crippen LogP contribution in [0.25, 0.3) is 0 Å². The fourth-order valence-corrected chi connectivity index (χ4v) is 1.69. The Morgan fingerprint density at radius 1 is 1.09 bits per heavy atom. The van der Waals surface area contributed by atoms with Crippen LogP contribution in [0.3, 0.4) is 0 Å². The molecule has 0 fully saturated rings. The van der Waals surface area contributed by atoms with Crippen LogP contribution in [0.15, 0.2) is 0 Å². The molecule has 0 aromatic carbocycles. The molecular formula is C15H26N2O6. The van der Waals surface area contributed by atoms with Gasteiger partial charge in [-0.05, 0) is 6.42 Å². The summed E-state index contributed by atoms with van der Waals surface area (Å²) in [4.78, 5) is 44.6. The quantitative estimate of drug-likeness (QED) is 0.436. The second-order valence-corrected chi connectivity index (χ2v) is 5.46. The van der Waals surface area contributed by atoms with Crippen molar-refractivity contribution in [2.24, 2.45) is 5.92 Å². The van der Waals surface area contributed by atoms with E-state index in [1.807, 2.05) is 13.8 Å². The molecule has 0 aromatic heterocycles. The highest BCUT2D eigenvalue weighted by molar-refractivity contribution is 5.83. The topological polar surface area (TPSA) is 122 Å². The Hall–Kier alpha value is -1.96. The van der Waals surface area contributed by atoms with Gasteiger partial charge in [0.15, 0.2) is 0 Å². The Morgan fingerprint density at radius 3 is 2.26 bits per heavy atom. The molecule has 0 heterocycles. The first-order valence-corrected chi connectivity index (χ1v) is 7.61. The molecular weight excluding hydrogens is 304 g/mol. The zero-order valence-electron chi connectivity index (χ0n) is 13.9. The predicted octanol–water partition coefficient (Wildman–Crippen LogP) is 0.104. The van der Waals surface area contributed by atoms with Crippen LogP contribution in [0, 0.1) is 5.92 Å². The highest BCUT2D eigenvalue weighted by atomic mass is 16.5. The van der Waals surface area contributed by atoms with E-state index in [9.17, 15) is 19.2 Å². The van der Waals surface area contributed by atoms with E-state index in [0.717, 1.165) is 0 Å². The monoisotopic (exact) mass is 330 g/mol. The third kappa shape index (κ3) is 11.3. The maximum Gasteiger partial charge on any atom is 0.326 e. The summed E-state index contributed by atoms with van der Waals surface area (Å²) >= 11 is 0. The van der Waals surface area contributed by atoms with Crippen LogP contribution in [0.1, 0.15) is 40.0 Å². The van der Waals surface area contributed by atoms with Crippen molar-refractivity contribution in [3.63, 3.8) is 0 Å². The highest BCUT2D eigenvalue weighted by Gasteiger charge is 2.19.